The molecule has 0 atom stereocenters. The molecule has 1 aliphatic heterocycles. The number of nitrogens with zero attached hydrogens (tertiary/aromatic N) is 4. The Morgan fingerprint density at radius 1 is 1.12 bits per heavy atom. The van der Waals surface area contributed by atoms with Gasteiger partial charge in [0.2, 0.25) is 0 Å². The second kappa shape index (κ2) is 7.81. The van der Waals surface area contributed by atoms with Crippen LogP contribution in [0.1, 0.15) is 11.1 Å². The third kappa shape index (κ3) is 4.04. The molecule has 5 heteroatoms. The maximum Gasteiger partial charge on any atom is 0.194 e. The van der Waals surface area contributed by atoms with E-state index in [1.54, 1.807) is 0 Å². The Labute approximate surface area is 144 Å². The molecule has 0 bridgehead atoms. The lowest BCUT2D eigenvalue weighted by Crippen LogP contribution is -2.52. The van der Waals surface area contributed by atoms with Crippen molar-refractivity contribution in [2.75, 3.05) is 38.1 Å². The molecule has 126 valence electrons. The summed E-state index contributed by atoms with van der Waals surface area (Å²) >= 11 is 0. The van der Waals surface area contributed by atoms with Crippen molar-refractivity contribution in [3.8, 4) is 0 Å². The summed E-state index contributed by atoms with van der Waals surface area (Å²) in [5.41, 5.74) is 2.57. The van der Waals surface area contributed by atoms with Gasteiger partial charge in [0.05, 0.1) is 0 Å². The Hall–Kier alpha value is -2.56. The number of aryl methyl sites for hydroxylation is 1. The van der Waals surface area contributed by atoms with Gasteiger partial charge in [-0.2, -0.15) is 0 Å². The summed E-state index contributed by atoms with van der Waals surface area (Å²) in [4.78, 5) is 13.5. The van der Waals surface area contributed by atoms with Crippen molar-refractivity contribution in [2.24, 2.45) is 4.99 Å². The van der Waals surface area contributed by atoms with Crippen LogP contribution in [-0.2, 0) is 6.54 Å². The lowest BCUT2D eigenvalue weighted by Gasteiger charge is -2.37. The van der Waals surface area contributed by atoms with Crippen molar-refractivity contribution in [1.82, 2.24) is 15.2 Å². The van der Waals surface area contributed by atoms with Gasteiger partial charge in [-0.25, -0.2) is 4.98 Å². The van der Waals surface area contributed by atoms with Crippen molar-refractivity contribution in [3.05, 3.63) is 59.8 Å². The monoisotopic (exact) mass is 323 g/mol. The minimum absolute atomic E-state index is 0.800. The number of aromatic nitrogens is 1. The van der Waals surface area contributed by atoms with Crippen LogP contribution in [-0.4, -0.2) is 49.1 Å². The van der Waals surface area contributed by atoms with Gasteiger partial charge in [-0.05, 0) is 24.6 Å². The topological polar surface area (TPSA) is 43.8 Å². The van der Waals surface area contributed by atoms with Gasteiger partial charge < -0.3 is 15.1 Å². The summed E-state index contributed by atoms with van der Waals surface area (Å²) < 4.78 is 0. The van der Waals surface area contributed by atoms with E-state index in [1.807, 2.05) is 25.4 Å². The Balaban J connectivity index is 1.54. The molecule has 0 unspecified atom stereocenters. The first kappa shape index (κ1) is 16.3. The van der Waals surface area contributed by atoms with Crippen LogP contribution in [0.25, 0.3) is 0 Å². The van der Waals surface area contributed by atoms with Crippen LogP contribution in [0.2, 0.25) is 0 Å². The number of pyridine rings is 1. The Bertz CT molecular complexity index is 675. The Morgan fingerprint density at radius 2 is 1.96 bits per heavy atom. The molecule has 0 amide bonds. The highest BCUT2D eigenvalue weighted by atomic mass is 15.4. The molecule has 1 aromatic heterocycles. The molecule has 1 N–H and O–H groups in total. The third-order valence-electron chi connectivity index (χ3n) is 4.30. The summed E-state index contributed by atoms with van der Waals surface area (Å²) in [6, 6.07) is 14.6. The van der Waals surface area contributed by atoms with Gasteiger partial charge in [-0.3, -0.25) is 4.99 Å². The minimum Gasteiger partial charge on any atom is -0.353 e. The summed E-state index contributed by atoms with van der Waals surface area (Å²) in [6.07, 6.45) is 1.85. The lowest BCUT2D eigenvalue weighted by molar-refractivity contribution is 0.371. The molecule has 0 spiro atoms. The summed E-state index contributed by atoms with van der Waals surface area (Å²) in [5.74, 6) is 2.03. The van der Waals surface area contributed by atoms with E-state index in [1.165, 1.54) is 11.1 Å². The smallest absolute Gasteiger partial charge is 0.194 e. The first-order valence-corrected chi connectivity index (χ1v) is 8.43. The van der Waals surface area contributed by atoms with E-state index in [2.05, 4.69) is 62.3 Å². The van der Waals surface area contributed by atoms with Crippen LogP contribution in [0, 0.1) is 6.92 Å². The molecule has 0 radical (unpaired) electrons. The van der Waals surface area contributed by atoms with Crippen molar-refractivity contribution >= 4 is 11.8 Å². The molecular formula is C19H25N5. The van der Waals surface area contributed by atoms with E-state index in [4.69, 9.17) is 0 Å². The normalized spacial score (nSPS) is 15.5. The predicted octanol–water partition coefficient (Wildman–Crippen LogP) is 2.29. The summed E-state index contributed by atoms with van der Waals surface area (Å²) in [5, 5.41) is 3.48. The molecule has 2 aromatic rings. The molecular weight excluding hydrogens is 298 g/mol. The maximum absolute atomic E-state index is 4.44. The highest BCUT2D eigenvalue weighted by Crippen LogP contribution is 2.12. The Morgan fingerprint density at radius 3 is 2.62 bits per heavy atom. The molecule has 1 fully saturated rings. The van der Waals surface area contributed by atoms with E-state index in [0.717, 1.165) is 44.5 Å². The SMILES string of the molecule is CN=C(NCc1cccc(C)c1)N1CCN(c2ccccn2)CC1. The summed E-state index contributed by atoms with van der Waals surface area (Å²) in [7, 11) is 1.85. The van der Waals surface area contributed by atoms with E-state index < -0.39 is 0 Å². The van der Waals surface area contributed by atoms with Crippen molar-refractivity contribution in [3.63, 3.8) is 0 Å². The minimum atomic E-state index is 0.800. The van der Waals surface area contributed by atoms with Crippen LogP contribution in [0.15, 0.2) is 53.7 Å². The molecule has 0 aliphatic carbocycles. The molecule has 5 nitrogen and oxygen atoms in total. The van der Waals surface area contributed by atoms with Crippen LogP contribution in [0.4, 0.5) is 5.82 Å². The number of hydrogen-bond donors (Lipinski definition) is 1. The number of rotatable bonds is 3. The fourth-order valence-electron chi connectivity index (χ4n) is 3.02. The highest BCUT2D eigenvalue weighted by molar-refractivity contribution is 5.80. The van der Waals surface area contributed by atoms with Gasteiger partial charge >= 0.3 is 0 Å². The zero-order valence-corrected chi connectivity index (χ0v) is 14.4. The molecule has 0 saturated carbocycles. The van der Waals surface area contributed by atoms with Crippen molar-refractivity contribution in [2.45, 2.75) is 13.5 Å². The highest BCUT2D eigenvalue weighted by Gasteiger charge is 2.20. The number of guanidine groups is 1. The van der Waals surface area contributed by atoms with E-state index in [0.29, 0.717) is 0 Å². The van der Waals surface area contributed by atoms with Crippen molar-refractivity contribution in [1.29, 1.82) is 0 Å². The molecule has 1 saturated heterocycles. The Kier molecular flexibility index (Phi) is 5.31. The van der Waals surface area contributed by atoms with Gasteiger partial charge in [0, 0.05) is 46.0 Å². The van der Waals surface area contributed by atoms with Gasteiger partial charge in [-0.15, -0.1) is 0 Å². The average Bonchev–Trinajstić information content (AvgIpc) is 2.64. The fraction of sp³-hybridized carbons (Fsp3) is 0.368. The number of hydrogen-bond acceptors (Lipinski definition) is 3. The van der Waals surface area contributed by atoms with E-state index in [-0.39, 0.29) is 0 Å². The molecule has 1 aliphatic rings. The average molecular weight is 323 g/mol. The quantitative estimate of drug-likeness (QED) is 0.695. The van der Waals surface area contributed by atoms with Gasteiger partial charge in [-0.1, -0.05) is 35.9 Å². The van der Waals surface area contributed by atoms with Crippen LogP contribution >= 0.6 is 0 Å². The standard InChI is InChI=1S/C19H25N5/c1-16-6-5-7-17(14-16)15-22-19(20-2)24-12-10-23(11-13-24)18-8-3-4-9-21-18/h3-9,14H,10-13,15H2,1-2H3,(H,20,22). The first-order valence-electron chi connectivity index (χ1n) is 8.43. The predicted molar refractivity (Wildman–Crippen MR) is 99.4 cm³/mol. The fourth-order valence-corrected chi connectivity index (χ4v) is 3.02. The van der Waals surface area contributed by atoms with Crippen LogP contribution in [0.5, 0.6) is 0 Å². The third-order valence-corrected chi connectivity index (χ3v) is 4.30. The maximum atomic E-state index is 4.44. The number of anilines is 1. The second-order valence-corrected chi connectivity index (χ2v) is 6.05. The number of benzene rings is 1. The molecule has 24 heavy (non-hydrogen) atoms. The van der Waals surface area contributed by atoms with E-state index >= 15 is 0 Å². The number of nitrogens with one attached hydrogen (secondary N) is 1. The van der Waals surface area contributed by atoms with Crippen LogP contribution < -0.4 is 10.2 Å². The molecule has 2 heterocycles. The first-order chi connectivity index (χ1) is 11.8. The largest absolute Gasteiger partial charge is 0.353 e. The number of piperazine rings is 1. The van der Waals surface area contributed by atoms with Crippen molar-refractivity contribution < 1.29 is 0 Å². The summed E-state index contributed by atoms with van der Waals surface area (Å²) in [6.45, 7) is 6.74. The second-order valence-electron chi connectivity index (χ2n) is 6.05. The lowest BCUT2D eigenvalue weighted by atomic mass is 10.1. The zero-order valence-electron chi connectivity index (χ0n) is 14.4. The molecule has 3 rings (SSSR count). The van der Waals surface area contributed by atoms with Gasteiger partial charge in [0.15, 0.2) is 5.96 Å². The number of aliphatic imine (C=N–C) groups is 1. The molecule has 1 aromatic carbocycles. The van der Waals surface area contributed by atoms with Crippen LogP contribution in [0.3, 0.4) is 0 Å². The van der Waals surface area contributed by atoms with E-state index in [9.17, 15) is 0 Å². The van der Waals surface area contributed by atoms with Gasteiger partial charge in [0.25, 0.3) is 0 Å². The zero-order chi connectivity index (χ0) is 16.8. The van der Waals surface area contributed by atoms with Gasteiger partial charge in [0.1, 0.15) is 5.82 Å².